The lowest BCUT2D eigenvalue weighted by Gasteiger charge is -2.22. The fourth-order valence-corrected chi connectivity index (χ4v) is 5.15. The van der Waals surface area contributed by atoms with Gasteiger partial charge < -0.3 is 15.2 Å². The molecule has 0 aromatic carbocycles. The number of nitrogens with zero attached hydrogens (tertiary/aromatic N) is 1. The van der Waals surface area contributed by atoms with Gasteiger partial charge in [-0.2, -0.15) is 13.2 Å². The Morgan fingerprint density at radius 3 is 2.60 bits per heavy atom. The summed E-state index contributed by atoms with van der Waals surface area (Å²) in [5.74, 6) is -0.701. The number of nitrogens with one attached hydrogen (secondary N) is 2. The molecule has 218 valence electrons. The van der Waals surface area contributed by atoms with Crippen LogP contribution in [0.3, 0.4) is 0 Å². The van der Waals surface area contributed by atoms with Gasteiger partial charge in [0.25, 0.3) is 0 Å². The lowest BCUT2D eigenvalue weighted by atomic mass is 9.92. The minimum atomic E-state index is -4.51. The summed E-state index contributed by atoms with van der Waals surface area (Å²) in [5, 5.41) is 12.8. The molecule has 2 aliphatic rings. The molecule has 3 N–H and O–H groups in total. The van der Waals surface area contributed by atoms with Crippen LogP contribution in [0.4, 0.5) is 13.2 Å². The second-order valence-corrected chi connectivity index (χ2v) is 10.5. The number of carboxylic acid groups (broad SMARTS) is 1. The molecular weight excluding hydrogens is 519 g/mol. The molecule has 9 heteroatoms. The maximum atomic E-state index is 13.8. The van der Waals surface area contributed by atoms with Gasteiger partial charge in [-0.15, -0.1) is 0 Å². The molecule has 0 radical (unpaired) electrons. The van der Waals surface area contributed by atoms with Crippen molar-refractivity contribution in [1.29, 1.82) is 0 Å². The lowest BCUT2D eigenvalue weighted by Crippen LogP contribution is -2.24. The fourth-order valence-electron chi connectivity index (χ4n) is 5.15. The number of ether oxygens (including phenoxy) is 1. The predicted octanol–water partition coefficient (Wildman–Crippen LogP) is 6.84. The Hall–Kier alpha value is -3.20. The minimum absolute atomic E-state index is 0.0269. The van der Waals surface area contributed by atoms with Crippen LogP contribution < -0.4 is 10.3 Å². The van der Waals surface area contributed by atoms with E-state index in [9.17, 15) is 23.1 Å². The number of carbonyl (C=O) groups is 1. The van der Waals surface area contributed by atoms with Crippen LogP contribution in [-0.4, -0.2) is 41.4 Å². The van der Waals surface area contributed by atoms with Crippen molar-refractivity contribution in [3.8, 4) is 0 Å². The molecule has 3 rings (SSSR count). The number of allylic oxidation sites excluding steroid dienone is 9. The first-order valence-electron chi connectivity index (χ1n) is 14.1. The molecule has 0 saturated heterocycles. The first-order chi connectivity index (χ1) is 19.0. The van der Waals surface area contributed by atoms with Crippen molar-refractivity contribution in [3.63, 3.8) is 0 Å². The van der Waals surface area contributed by atoms with Crippen LogP contribution in [0.2, 0.25) is 0 Å². The van der Waals surface area contributed by atoms with E-state index < -0.39 is 17.7 Å². The second-order valence-electron chi connectivity index (χ2n) is 10.5. The lowest BCUT2D eigenvalue weighted by molar-refractivity contribution is -0.387. The predicted molar refractivity (Wildman–Crippen MR) is 150 cm³/mol. The first kappa shape index (κ1) is 31.3. The van der Waals surface area contributed by atoms with Gasteiger partial charge in [-0.3, -0.25) is 4.79 Å². The average Bonchev–Trinajstić information content (AvgIpc) is 3.11. The third-order valence-corrected chi connectivity index (χ3v) is 7.10. The third-order valence-electron chi connectivity index (χ3n) is 7.10. The molecule has 1 aromatic rings. The molecular formula is C31H41F3N3O3+. The van der Waals surface area contributed by atoms with Crippen molar-refractivity contribution in [2.24, 2.45) is 5.92 Å². The van der Waals surface area contributed by atoms with Crippen molar-refractivity contribution in [1.82, 2.24) is 10.3 Å². The molecule has 0 spiro atoms. The van der Waals surface area contributed by atoms with Crippen molar-refractivity contribution in [2.45, 2.75) is 84.9 Å². The summed E-state index contributed by atoms with van der Waals surface area (Å²) in [6, 6.07) is 0. The van der Waals surface area contributed by atoms with Crippen molar-refractivity contribution >= 4 is 17.1 Å². The largest absolute Gasteiger partial charge is 0.495 e. The summed E-state index contributed by atoms with van der Waals surface area (Å²) in [7, 11) is 0. The van der Waals surface area contributed by atoms with Crippen LogP contribution in [0.15, 0.2) is 59.2 Å². The zero-order valence-corrected chi connectivity index (χ0v) is 23.8. The topological polar surface area (TPSA) is 85.6 Å². The first-order valence-corrected chi connectivity index (χ1v) is 14.1. The minimum Gasteiger partial charge on any atom is -0.495 e. The standard InChI is InChI=1S/C31H40F3N3O3/c1-5-9-21(30(38)39)14-15-35-17-23-10-7-8-11-26(25(23)6-2)24-18-36-29(37-19-24)22-12-13-28(40-20(3)4)27(16-22)31(32,33)34/h7-8,11,16,18-21,35H,5-6,9-10,12-15,17H2,1-4H3,(H,38,39)/p+1. The monoisotopic (exact) mass is 560 g/mol. The Bertz CT molecular complexity index is 1190. The van der Waals surface area contributed by atoms with Gasteiger partial charge in [-0.05, 0) is 80.3 Å². The number of H-pyrrole nitrogens is 1. The van der Waals surface area contributed by atoms with Gasteiger partial charge in [0.2, 0.25) is 0 Å². The van der Waals surface area contributed by atoms with Gasteiger partial charge in [0.15, 0.2) is 6.20 Å². The average molecular weight is 561 g/mol. The van der Waals surface area contributed by atoms with Crippen molar-refractivity contribution in [3.05, 3.63) is 70.6 Å². The summed E-state index contributed by atoms with van der Waals surface area (Å²) in [4.78, 5) is 19.1. The van der Waals surface area contributed by atoms with Gasteiger partial charge >= 0.3 is 18.0 Å². The van der Waals surface area contributed by atoms with E-state index in [0.717, 1.165) is 36.5 Å². The molecule has 6 nitrogen and oxygen atoms in total. The Kier molecular flexibility index (Phi) is 11.3. The zero-order valence-electron chi connectivity index (χ0n) is 23.8. The molecule has 1 aromatic heterocycles. The van der Waals surface area contributed by atoms with Crippen LogP contribution in [-0.2, 0) is 9.53 Å². The van der Waals surface area contributed by atoms with Gasteiger partial charge in [0.05, 0.1) is 29.4 Å². The summed E-state index contributed by atoms with van der Waals surface area (Å²) in [6.07, 6.45) is 10.2. The molecule has 0 aliphatic heterocycles. The summed E-state index contributed by atoms with van der Waals surface area (Å²) < 4.78 is 46.7. The van der Waals surface area contributed by atoms with Crippen LogP contribution in [0, 0.1) is 5.92 Å². The second kappa shape index (κ2) is 14.4. The molecule has 0 bridgehead atoms. The van der Waals surface area contributed by atoms with Crippen LogP contribution in [0.25, 0.3) is 11.1 Å². The van der Waals surface area contributed by atoms with Crippen LogP contribution in [0.1, 0.15) is 84.0 Å². The number of carboxylic acids is 1. The summed E-state index contributed by atoms with van der Waals surface area (Å²) in [5.41, 5.74) is 4.00. The highest BCUT2D eigenvalue weighted by Crippen LogP contribution is 2.39. The normalized spacial score (nSPS) is 17.1. The van der Waals surface area contributed by atoms with E-state index in [4.69, 9.17) is 4.74 Å². The molecule has 1 atom stereocenters. The van der Waals surface area contributed by atoms with E-state index in [1.54, 1.807) is 26.2 Å². The van der Waals surface area contributed by atoms with Gasteiger partial charge in [-0.1, -0.05) is 38.5 Å². The molecule has 1 unspecified atom stereocenters. The number of aromatic amines is 1. The fraction of sp³-hybridized carbons (Fsp3) is 0.516. The van der Waals surface area contributed by atoms with E-state index in [-0.39, 0.29) is 24.2 Å². The molecule has 1 heterocycles. The number of aliphatic carboxylic acids is 1. The van der Waals surface area contributed by atoms with Gasteiger partial charge in [-0.25, -0.2) is 4.98 Å². The number of hydrogen-bond donors (Lipinski definition) is 2. The number of rotatable bonds is 13. The Balaban J connectivity index is 1.79. The molecule has 0 saturated carbocycles. The maximum absolute atomic E-state index is 13.8. The third kappa shape index (κ3) is 8.40. The van der Waals surface area contributed by atoms with Gasteiger partial charge in [0, 0.05) is 18.5 Å². The van der Waals surface area contributed by atoms with E-state index in [0.29, 0.717) is 43.7 Å². The highest BCUT2D eigenvalue weighted by atomic mass is 19.4. The number of halogens is 3. The quantitative estimate of drug-likeness (QED) is 0.258. The van der Waals surface area contributed by atoms with E-state index in [1.807, 2.05) is 19.1 Å². The van der Waals surface area contributed by atoms with E-state index in [1.165, 1.54) is 11.1 Å². The smallest absolute Gasteiger partial charge is 0.419 e. The van der Waals surface area contributed by atoms with E-state index >= 15 is 0 Å². The van der Waals surface area contributed by atoms with E-state index in [2.05, 4.69) is 28.3 Å². The van der Waals surface area contributed by atoms with Crippen LogP contribution >= 0.6 is 0 Å². The van der Waals surface area contributed by atoms with Gasteiger partial charge in [0.1, 0.15) is 5.76 Å². The highest BCUT2D eigenvalue weighted by Gasteiger charge is 2.39. The van der Waals surface area contributed by atoms with Crippen molar-refractivity contribution in [2.75, 3.05) is 13.1 Å². The Morgan fingerprint density at radius 2 is 2.00 bits per heavy atom. The number of alkyl halides is 3. The van der Waals surface area contributed by atoms with Crippen molar-refractivity contribution < 1.29 is 32.8 Å². The Morgan fingerprint density at radius 1 is 1.23 bits per heavy atom. The molecule has 0 fully saturated rings. The van der Waals surface area contributed by atoms with Crippen LogP contribution in [0.5, 0.6) is 0 Å². The summed E-state index contributed by atoms with van der Waals surface area (Å²) in [6.45, 7) is 8.80. The summed E-state index contributed by atoms with van der Waals surface area (Å²) >= 11 is 0. The molecule has 2 aliphatic carbocycles. The molecule has 40 heavy (non-hydrogen) atoms. The maximum Gasteiger partial charge on any atom is 0.419 e. The highest BCUT2D eigenvalue weighted by molar-refractivity contribution is 5.81. The number of hydrogen-bond acceptors (Lipinski definition) is 4. The molecule has 0 amide bonds. The zero-order chi connectivity index (χ0) is 29.3. The number of aromatic nitrogens is 2. The SMILES string of the molecule is CCCC(CCNCC1=C(CC)C(c2cnc(C3=CC(C(F)(F)F)=C(OC(C)C)CC3)[nH+]c2)=CC=CC1)C(=O)O. The Labute approximate surface area is 234 Å².